The second-order valence-electron chi connectivity index (χ2n) is 4.71. The molecule has 0 aliphatic carbocycles. The van der Waals surface area contributed by atoms with Crippen molar-refractivity contribution in [2.24, 2.45) is 5.92 Å². The molecular weight excluding hydrogens is 371 g/mol. The van der Waals surface area contributed by atoms with Gasteiger partial charge in [0.05, 0.1) is 0 Å². The Labute approximate surface area is 132 Å². The lowest BCUT2D eigenvalue weighted by molar-refractivity contribution is -0.137. The molecule has 5 nitrogen and oxygen atoms in total. The van der Waals surface area contributed by atoms with Crippen LogP contribution in [0.15, 0.2) is 24.3 Å². The standard InChI is InChI=1S/C14H19IN2O3/c1-10(2-7-13(18)19)8-9-16-14(20)17-12-5-3-11(15)4-6-12/h3-6,10H,2,7-9H2,1H3,(H,18,19)(H2,16,17,20). The van der Waals surface area contributed by atoms with Crippen LogP contribution in [0.25, 0.3) is 0 Å². The molecule has 1 aromatic rings. The van der Waals surface area contributed by atoms with Gasteiger partial charge in [-0.05, 0) is 65.6 Å². The van der Waals surface area contributed by atoms with Gasteiger partial charge in [-0.1, -0.05) is 6.92 Å². The van der Waals surface area contributed by atoms with E-state index in [4.69, 9.17) is 5.11 Å². The summed E-state index contributed by atoms with van der Waals surface area (Å²) < 4.78 is 1.11. The monoisotopic (exact) mass is 390 g/mol. The zero-order valence-corrected chi connectivity index (χ0v) is 13.5. The molecule has 0 bridgehead atoms. The zero-order chi connectivity index (χ0) is 15.0. The van der Waals surface area contributed by atoms with Gasteiger partial charge in [-0.25, -0.2) is 4.79 Å². The van der Waals surface area contributed by atoms with E-state index in [1.165, 1.54) is 0 Å². The van der Waals surface area contributed by atoms with Crippen LogP contribution in [0, 0.1) is 9.49 Å². The molecule has 0 saturated carbocycles. The molecule has 1 unspecified atom stereocenters. The van der Waals surface area contributed by atoms with Crippen molar-refractivity contribution in [2.75, 3.05) is 11.9 Å². The van der Waals surface area contributed by atoms with Crippen LogP contribution in [0.2, 0.25) is 0 Å². The number of urea groups is 1. The van der Waals surface area contributed by atoms with E-state index >= 15 is 0 Å². The van der Waals surface area contributed by atoms with Gasteiger partial charge in [-0.15, -0.1) is 0 Å². The molecule has 0 radical (unpaired) electrons. The average molecular weight is 390 g/mol. The lowest BCUT2D eigenvalue weighted by Crippen LogP contribution is -2.30. The van der Waals surface area contributed by atoms with Gasteiger partial charge >= 0.3 is 12.0 Å². The van der Waals surface area contributed by atoms with E-state index in [1.807, 2.05) is 31.2 Å². The van der Waals surface area contributed by atoms with Gasteiger partial charge in [-0.2, -0.15) is 0 Å². The third kappa shape index (κ3) is 7.32. The summed E-state index contributed by atoms with van der Waals surface area (Å²) in [5, 5.41) is 14.1. The average Bonchev–Trinajstić information content (AvgIpc) is 2.39. The van der Waals surface area contributed by atoms with E-state index in [9.17, 15) is 9.59 Å². The molecule has 0 spiro atoms. The second-order valence-corrected chi connectivity index (χ2v) is 5.96. The van der Waals surface area contributed by atoms with Gasteiger partial charge < -0.3 is 15.7 Å². The number of hydrogen-bond donors (Lipinski definition) is 3. The van der Waals surface area contributed by atoms with Crippen molar-refractivity contribution in [3.63, 3.8) is 0 Å². The summed E-state index contributed by atoms with van der Waals surface area (Å²) in [5.74, 6) is -0.494. The maximum atomic E-state index is 11.6. The van der Waals surface area contributed by atoms with E-state index in [0.717, 1.165) is 15.7 Å². The molecule has 1 rings (SSSR count). The van der Waals surface area contributed by atoms with Crippen molar-refractivity contribution >= 4 is 40.3 Å². The Balaban J connectivity index is 2.20. The third-order valence-electron chi connectivity index (χ3n) is 2.88. The van der Waals surface area contributed by atoms with Crippen LogP contribution in [0.1, 0.15) is 26.2 Å². The number of rotatable bonds is 7. The van der Waals surface area contributed by atoms with Gasteiger partial charge in [0.2, 0.25) is 0 Å². The van der Waals surface area contributed by atoms with E-state index in [1.54, 1.807) is 0 Å². The fraction of sp³-hybridized carbons (Fsp3) is 0.429. The van der Waals surface area contributed by atoms with Crippen molar-refractivity contribution in [1.82, 2.24) is 5.32 Å². The summed E-state index contributed by atoms with van der Waals surface area (Å²) in [7, 11) is 0. The van der Waals surface area contributed by atoms with Crippen LogP contribution < -0.4 is 10.6 Å². The van der Waals surface area contributed by atoms with Gasteiger partial charge in [0.1, 0.15) is 0 Å². The maximum Gasteiger partial charge on any atom is 0.319 e. The molecule has 0 fully saturated rings. The number of halogens is 1. The van der Waals surface area contributed by atoms with Crippen LogP contribution in [-0.2, 0) is 4.79 Å². The van der Waals surface area contributed by atoms with Crippen LogP contribution >= 0.6 is 22.6 Å². The lowest BCUT2D eigenvalue weighted by atomic mass is 10.0. The van der Waals surface area contributed by atoms with E-state index < -0.39 is 5.97 Å². The Morgan fingerprint density at radius 1 is 1.25 bits per heavy atom. The highest BCUT2D eigenvalue weighted by atomic mass is 127. The minimum absolute atomic E-state index is 0.177. The predicted octanol–water partition coefficient (Wildman–Crippen LogP) is 3.30. The Morgan fingerprint density at radius 3 is 2.50 bits per heavy atom. The normalized spacial score (nSPS) is 11.7. The van der Waals surface area contributed by atoms with Crippen molar-refractivity contribution in [3.05, 3.63) is 27.8 Å². The number of carboxylic acid groups (broad SMARTS) is 1. The van der Waals surface area contributed by atoms with Crippen LogP contribution in [0.5, 0.6) is 0 Å². The first-order chi connectivity index (χ1) is 9.47. The number of hydrogen-bond acceptors (Lipinski definition) is 2. The molecule has 1 aromatic carbocycles. The van der Waals surface area contributed by atoms with Gasteiger partial charge in [0.25, 0.3) is 0 Å². The second kappa shape index (κ2) is 8.78. The fourth-order valence-corrected chi connectivity index (χ4v) is 2.01. The molecule has 2 amide bonds. The summed E-state index contributed by atoms with van der Waals surface area (Å²) in [6.45, 7) is 2.53. The minimum Gasteiger partial charge on any atom is -0.481 e. The van der Waals surface area contributed by atoms with Crippen LogP contribution in [0.4, 0.5) is 10.5 Å². The van der Waals surface area contributed by atoms with Gasteiger partial charge in [-0.3, -0.25) is 4.79 Å². The Hall–Kier alpha value is -1.31. The molecule has 110 valence electrons. The molecule has 0 aromatic heterocycles. The summed E-state index contributed by atoms with van der Waals surface area (Å²) in [4.78, 5) is 22.1. The highest BCUT2D eigenvalue weighted by Gasteiger charge is 2.06. The highest BCUT2D eigenvalue weighted by molar-refractivity contribution is 14.1. The van der Waals surface area contributed by atoms with Crippen molar-refractivity contribution in [3.8, 4) is 0 Å². The first-order valence-corrected chi connectivity index (χ1v) is 7.57. The summed E-state index contributed by atoms with van der Waals surface area (Å²) in [6, 6.07) is 7.29. The summed E-state index contributed by atoms with van der Waals surface area (Å²) >= 11 is 2.20. The van der Waals surface area contributed by atoms with Crippen molar-refractivity contribution < 1.29 is 14.7 Å². The molecule has 1 atom stereocenters. The number of carbonyl (C=O) groups is 2. The number of anilines is 1. The Bertz CT molecular complexity index is 448. The fourth-order valence-electron chi connectivity index (χ4n) is 1.65. The molecular formula is C14H19IN2O3. The third-order valence-corrected chi connectivity index (χ3v) is 3.59. The molecule has 0 saturated heterocycles. The molecule has 0 aliphatic rings. The lowest BCUT2D eigenvalue weighted by Gasteiger charge is -2.11. The number of aliphatic carboxylic acids is 1. The van der Waals surface area contributed by atoms with Crippen LogP contribution in [0.3, 0.4) is 0 Å². The highest BCUT2D eigenvalue weighted by Crippen LogP contribution is 2.11. The number of benzene rings is 1. The topological polar surface area (TPSA) is 78.4 Å². The number of carbonyl (C=O) groups excluding carboxylic acids is 1. The molecule has 6 heteroatoms. The first kappa shape index (κ1) is 16.7. The molecule has 3 N–H and O–H groups in total. The molecule has 0 aliphatic heterocycles. The molecule has 20 heavy (non-hydrogen) atoms. The molecule has 0 heterocycles. The van der Waals surface area contributed by atoms with E-state index in [0.29, 0.717) is 13.0 Å². The SMILES string of the molecule is CC(CCNC(=O)Nc1ccc(I)cc1)CCC(=O)O. The largest absolute Gasteiger partial charge is 0.481 e. The van der Waals surface area contributed by atoms with Gasteiger partial charge in [0.15, 0.2) is 0 Å². The van der Waals surface area contributed by atoms with Gasteiger partial charge in [0, 0.05) is 22.2 Å². The van der Waals surface area contributed by atoms with Crippen molar-refractivity contribution in [1.29, 1.82) is 0 Å². The van der Waals surface area contributed by atoms with E-state index in [2.05, 4.69) is 33.2 Å². The predicted molar refractivity (Wildman–Crippen MR) is 86.8 cm³/mol. The van der Waals surface area contributed by atoms with E-state index in [-0.39, 0.29) is 18.4 Å². The number of amides is 2. The van der Waals surface area contributed by atoms with Crippen molar-refractivity contribution in [2.45, 2.75) is 26.2 Å². The zero-order valence-electron chi connectivity index (χ0n) is 11.4. The van der Waals surface area contributed by atoms with Crippen LogP contribution in [-0.4, -0.2) is 23.7 Å². The summed E-state index contributed by atoms with van der Waals surface area (Å²) in [5.41, 5.74) is 0.752. The Morgan fingerprint density at radius 2 is 1.90 bits per heavy atom. The maximum absolute atomic E-state index is 11.6. The minimum atomic E-state index is -0.777. The first-order valence-electron chi connectivity index (χ1n) is 6.49. The smallest absolute Gasteiger partial charge is 0.319 e. The summed E-state index contributed by atoms with van der Waals surface area (Å²) in [6.07, 6.45) is 1.58. The number of carboxylic acids is 1. The number of nitrogens with one attached hydrogen (secondary N) is 2. The Kier molecular flexibility index (Phi) is 7.35. The quantitative estimate of drug-likeness (QED) is 0.626.